The van der Waals surface area contributed by atoms with Crippen molar-refractivity contribution in [3.8, 4) is 0 Å². The van der Waals surface area contributed by atoms with Crippen LogP contribution in [0.1, 0.15) is 5.82 Å². The number of fused-ring (bicyclic) bond motifs is 1. The van der Waals surface area contributed by atoms with E-state index in [1.165, 1.54) is 0 Å². The van der Waals surface area contributed by atoms with Crippen LogP contribution in [0.3, 0.4) is 0 Å². The molecule has 1 heterocycles. The minimum atomic E-state index is -0.939. The number of benzene rings is 1. The zero-order chi connectivity index (χ0) is 11.0. The smallest absolute Gasteiger partial charge is 0.311 e. The number of aromatic nitrogens is 2. The fraction of sp³-hybridized carbons (Fsp3) is 0.111. The molecule has 0 radical (unpaired) electrons. The SMILES string of the molecule is O=C(O)Cc1nc2cc(Cl)c(Cl)cc2[nH]1. The number of rotatable bonds is 2. The summed E-state index contributed by atoms with van der Waals surface area (Å²) in [5.41, 5.74) is 1.29. The molecule has 0 spiro atoms. The number of aromatic amines is 1. The topological polar surface area (TPSA) is 66.0 Å². The minimum Gasteiger partial charge on any atom is -0.481 e. The Morgan fingerprint density at radius 3 is 2.73 bits per heavy atom. The molecule has 78 valence electrons. The molecule has 1 aromatic carbocycles. The largest absolute Gasteiger partial charge is 0.481 e. The Labute approximate surface area is 94.8 Å². The Hall–Kier alpha value is -1.26. The third-order valence-corrected chi connectivity index (χ3v) is 2.61. The van der Waals surface area contributed by atoms with Gasteiger partial charge in [-0.1, -0.05) is 23.2 Å². The Morgan fingerprint density at radius 2 is 2.07 bits per heavy atom. The third-order valence-electron chi connectivity index (χ3n) is 1.89. The molecule has 0 bridgehead atoms. The predicted molar refractivity (Wildman–Crippen MR) is 57.5 cm³/mol. The van der Waals surface area contributed by atoms with Crippen LogP contribution in [0.5, 0.6) is 0 Å². The lowest BCUT2D eigenvalue weighted by molar-refractivity contribution is -0.136. The summed E-state index contributed by atoms with van der Waals surface area (Å²) in [5, 5.41) is 9.40. The van der Waals surface area contributed by atoms with Crippen LogP contribution in [-0.4, -0.2) is 21.0 Å². The van der Waals surface area contributed by atoms with E-state index in [9.17, 15) is 4.79 Å². The van der Waals surface area contributed by atoms with Gasteiger partial charge in [-0.25, -0.2) is 4.98 Å². The number of carbonyl (C=O) groups is 1. The van der Waals surface area contributed by atoms with Gasteiger partial charge in [-0.05, 0) is 12.1 Å². The number of imidazole rings is 1. The summed E-state index contributed by atoms with van der Waals surface area (Å²) in [6.45, 7) is 0. The van der Waals surface area contributed by atoms with Crippen molar-refractivity contribution in [1.29, 1.82) is 0 Å². The fourth-order valence-electron chi connectivity index (χ4n) is 1.28. The molecule has 0 fully saturated rings. The van der Waals surface area contributed by atoms with E-state index >= 15 is 0 Å². The lowest BCUT2D eigenvalue weighted by atomic mass is 10.3. The van der Waals surface area contributed by atoms with Gasteiger partial charge in [-0.2, -0.15) is 0 Å². The van der Waals surface area contributed by atoms with Gasteiger partial charge in [0.25, 0.3) is 0 Å². The maximum atomic E-state index is 10.5. The number of hydrogen-bond acceptors (Lipinski definition) is 2. The fourth-order valence-corrected chi connectivity index (χ4v) is 1.61. The Balaban J connectivity index is 2.51. The molecule has 0 aliphatic heterocycles. The normalized spacial score (nSPS) is 10.8. The van der Waals surface area contributed by atoms with E-state index < -0.39 is 5.97 Å². The van der Waals surface area contributed by atoms with Crippen molar-refractivity contribution >= 4 is 40.2 Å². The second-order valence-electron chi connectivity index (χ2n) is 3.04. The van der Waals surface area contributed by atoms with Crippen molar-refractivity contribution in [3.63, 3.8) is 0 Å². The Kier molecular flexibility index (Phi) is 2.54. The van der Waals surface area contributed by atoms with Crippen LogP contribution in [0.25, 0.3) is 11.0 Å². The van der Waals surface area contributed by atoms with Crippen molar-refractivity contribution in [2.24, 2.45) is 0 Å². The van der Waals surface area contributed by atoms with Crippen molar-refractivity contribution in [3.05, 3.63) is 28.0 Å². The molecule has 15 heavy (non-hydrogen) atoms. The second-order valence-corrected chi connectivity index (χ2v) is 3.85. The van der Waals surface area contributed by atoms with E-state index in [2.05, 4.69) is 9.97 Å². The van der Waals surface area contributed by atoms with Crippen LogP contribution in [0.2, 0.25) is 10.0 Å². The monoisotopic (exact) mass is 244 g/mol. The number of H-pyrrole nitrogens is 1. The van der Waals surface area contributed by atoms with Crippen molar-refractivity contribution in [1.82, 2.24) is 9.97 Å². The van der Waals surface area contributed by atoms with E-state index in [1.54, 1.807) is 12.1 Å². The summed E-state index contributed by atoms with van der Waals surface area (Å²) in [7, 11) is 0. The summed E-state index contributed by atoms with van der Waals surface area (Å²) in [6, 6.07) is 3.22. The number of carboxylic acid groups (broad SMARTS) is 1. The van der Waals surface area contributed by atoms with Crippen molar-refractivity contribution < 1.29 is 9.90 Å². The van der Waals surface area contributed by atoms with Gasteiger partial charge in [-0.3, -0.25) is 4.79 Å². The molecular weight excluding hydrogens is 239 g/mol. The average Bonchev–Trinajstić information content (AvgIpc) is 2.46. The van der Waals surface area contributed by atoms with Gasteiger partial charge < -0.3 is 10.1 Å². The van der Waals surface area contributed by atoms with Gasteiger partial charge in [0, 0.05) is 0 Å². The molecule has 1 aromatic heterocycles. The third kappa shape index (κ3) is 2.06. The van der Waals surface area contributed by atoms with Crippen LogP contribution in [0, 0.1) is 0 Å². The van der Waals surface area contributed by atoms with E-state index in [1.807, 2.05) is 0 Å². The highest BCUT2D eigenvalue weighted by Crippen LogP contribution is 2.26. The van der Waals surface area contributed by atoms with Crippen LogP contribution in [0.15, 0.2) is 12.1 Å². The average molecular weight is 245 g/mol. The van der Waals surface area contributed by atoms with Gasteiger partial charge in [-0.15, -0.1) is 0 Å². The molecule has 0 aliphatic rings. The highest BCUT2D eigenvalue weighted by atomic mass is 35.5. The number of halogens is 2. The maximum absolute atomic E-state index is 10.5. The molecule has 2 aromatic rings. The first kappa shape index (κ1) is 10.3. The van der Waals surface area contributed by atoms with Crippen molar-refractivity contribution in [2.75, 3.05) is 0 Å². The summed E-state index contributed by atoms with van der Waals surface area (Å²) >= 11 is 11.6. The molecule has 0 aliphatic carbocycles. The standard InChI is InChI=1S/C9H6Cl2N2O2/c10-4-1-6-7(2-5(4)11)13-8(12-6)3-9(14)15/h1-2H,3H2,(H,12,13)(H,14,15). The summed E-state index contributed by atoms with van der Waals surface area (Å²) in [4.78, 5) is 17.4. The number of nitrogens with zero attached hydrogens (tertiary/aromatic N) is 1. The zero-order valence-electron chi connectivity index (χ0n) is 7.42. The number of aliphatic carboxylic acids is 1. The quantitative estimate of drug-likeness (QED) is 0.854. The first-order chi connectivity index (χ1) is 7.06. The highest BCUT2D eigenvalue weighted by Gasteiger charge is 2.08. The molecule has 0 saturated carbocycles. The number of nitrogens with one attached hydrogen (secondary N) is 1. The molecule has 0 amide bonds. The lowest BCUT2D eigenvalue weighted by Crippen LogP contribution is -2.01. The molecule has 6 heteroatoms. The van der Waals surface area contributed by atoms with Gasteiger partial charge in [0.2, 0.25) is 0 Å². The molecular formula is C9H6Cl2N2O2. The van der Waals surface area contributed by atoms with Gasteiger partial charge in [0.1, 0.15) is 12.2 Å². The molecule has 0 saturated heterocycles. The molecule has 2 N–H and O–H groups in total. The Bertz CT molecular complexity index is 497. The van der Waals surface area contributed by atoms with Crippen LogP contribution in [-0.2, 0) is 11.2 Å². The van der Waals surface area contributed by atoms with E-state index in [4.69, 9.17) is 28.3 Å². The minimum absolute atomic E-state index is 0.149. The van der Waals surface area contributed by atoms with Gasteiger partial charge in [0.15, 0.2) is 0 Å². The van der Waals surface area contributed by atoms with Gasteiger partial charge >= 0.3 is 5.97 Å². The second kappa shape index (κ2) is 3.72. The van der Waals surface area contributed by atoms with E-state index in [0.717, 1.165) is 0 Å². The van der Waals surface area contributed by atoms with E-state index in [0.29, 0.717) is 26.9 Å². The van der Waals surface area contributed by atoms with Crippen LogP contribution >= 0.6 is 23.2 Å². The number of carboxylic acids is 1. The van der Waals surface area contributed by atoms with Crippen LogP contribution in [0.4, 0.5) is 0 Å². The summed E-state index contributed by atoms with van der Waals surface area (Å²) < 4.78 is 0. The molecule has 2 rings (SSSR count). The molecule has 0 atom stereocenters. The maximum Gasteiger partial charge on any atom is 0.311 e. The van der Waals surface area contributed by atoms with E-state index in [-0.39, 0.29) is 6.42 Å². The highest BCUT2D eigenvalue weighted by molar-refractivity contribution is 6.42. The predicted octanol–water partition coefficient (Wildman–Crippen LogP) is 2.50. The first-order valence-electron chi connectivity index (χ1n) is 4.11. The van der Waals surface area contributed by atoms with Crippen molar-refractivity contribution in [2.45, 2.75) is 6.42 Å². The summed E-state index contributed by atoms with van der Waals surface area (Å²) in [6.07, 6.45) is -0.149. The molecule has 0 unspecified atom stereocenters. The lowest BCUT2D eigenvalue weighted by Gasteiger charge is -1.93. The van der Waals surface area contributed by atoms with Crippen LogP contribution < -0.4 is 0 Å². The number of hydrogen-bond donors (Lipinski definition) is 2. The first-order valence-corrected chi connectivity index (χ1v) is 4.87. The molecule has 4 nitrogen and oxygen atoms in total. The Morgan fingerprint density at radius 1 is 1.40 bits per heavy atom. The van der Waals surface area contributed by atoms with Gasteiger partial charge in [0.05, 0.1) is 21.1 Å². The summed E-state index contributed by atoms with van der Waals surface area (Å²) in [5.74, 6) is -0.554. The zero-order valence-corrected chi connectivity index (χ0v) is 8.93.